The van der Waals surface area contributed by atoms with E-state index >= 15 is 0 Å². The van der Waals surface area contributed by atoms with Gasteiger partial charge >= 0.3 is 5.97 Å². The lowest BCUT2D eigenvalue weighted by atomic mass is 9.85. The molecule has 0 aliphatic heterocycles. The number of nitrogens with zero attached hydrogens (tertiary/aromatic N) is 1. The summed E-state index contributed by atoms with van der Waals surface area (Å²) in [6.45, 7) is 5.93. The Hall–Kier alpha value is -1.13. The van der Waals surface area contributed by atoms with E-state index in [-0.39, 0.29) is 35.7 Å². The first-order valence-electron chi connectivity index (χ1n) is 5.82. The van der Waals surface area contributed by atoms with Crippen molar-refractivity contribution in [2.24, 2.45) is 11.8 Å². The Balaban J connectivity index is 4.31. The van der Waals surface area contributed by atoms with Gasteiger partial charge in [0.2, 0.25) is 6.54 Å². The zero-order valence-electron chi connectivity index (χ0n) is 10.3. The third kappa shape index (κ3) is 5.68. The molecule has 0 heterocycles. The molecule has 0 aromatic heterocycles. The Labute approximate surface area is 96.3 Å². The smallest absolute Gasteiger partial charge is 0.306 e. The van der Waals surface area contributed by atoms with E-state index in [0.717, 1.165) is 12.8 Å². The van der Waals surface area contributed by atoms with Crippen molar-refractivity contribution in [3.63, 3.8) is 0 Å². The van der Waals surface area contributed by atoms with Gasteiger partial charge in [-0.05, 0) is 19.3 Å². The first-order valence-corrected chi connectivity index (χ1v) is 5.82. The highest BCUT2D eigenvalue weighted by atomic mass is 16.6. The fourth-order valence-electron chi connectivity index (χ4n) is 1.88. The Morgan fingerprint density at radius 3 is 2.19 bits per heavy atom. The van der Waals surface area contributed by atoms with Crippen LogP contribution in [0.25, 0.3) is 0 Å². The highest BCUT2D eigenvalue weighted by Gasteiger charge is 2.25. The number of esters is 1. The second-order valence-corrected chi connectivity index (χ2v) is 3.86. The number of ether oxygens (including phenoxy) is 1. The van der Waals surface area contributed by atoms with Crippen LogP contribution in [0.4, 0.5) is 0 Å². The quantitative estimate of drug-likeness (QED) is 0.365. The van der Waals surface area contributed by atoms with Gasteiger partial charge in [0.25, 0.3) is 0 Å². The molecule has 0 spiro atoms. The first-order chi connectivity index (χ1) is 7.54. The predicted molar refractivity (Wildman–Crippen MR) is 60.7 cm³/mol. The summed E-state index contributed by atoms with van der Waals surface area (Å²) in [7, 11) is 0. The average molecular weight is 231 g/mol. The minimum atomic E-state index is -0.304. The maximum absolute atomic E-state index is 11.3. The third-order valence-electron chi connectivity index (χ3n) is 2.83. The van der Waals surface area contributed by atoms with Gasteiger partial charge in [-0.15, -0.1) is 0 Å². The van der Waals surface area contributed by atoms with E-state index in [9.17, 15) is 14.9 Å². The van der Waals surface area contributed by atoms with Crippen molar-refractivity contribution in [1.29, 1.82) is 0 Å². The van der Waals surface area contributed by atoms with E-state index in [1.807, 2.05) is 13.8 Å². The van der Waals surface area contributed by atoms with Crippen LogP contribution < -0.4 is 0 Å². The Morgan fingerprint density at radius 2 is 1.81 bits per heavy atom. The summed E-state index contributed by atoms with van der Waals surface area (Å²) in [5, 5.41) is 10.5. The van der Waals surface area contributed by atoms with Crippen LogP contribution in [0.2, 0.25) is 0 Å². The number of nitro groups is 1. The lowest BCUT2D eigenvalue weighted by Crippen LogP contribution is -2.25. The second-order valence-electron chi connectivity index (χ2n) is 3.86. The van der Waals surface area contributed by atoms with Crippen LogP contribution in [0.3, 0.4) is 0 Å². The molecule has 94 valence electrons. The number of carbonyl (C=O) groups is 1. The molecule has 0 rings (SSSR count). The van der Waals surface area contributed by atoms with Crippen LogP contribution >= 0.6 is 0 Å². The minimum Gasteiger partial charge on any atom is -0.466 e. The van der Waals surface area contributed by atoms with Crippen LogP contribution in [-0.2, 0) is 9.53 Å². The monoisotopic (exact) mass is 231 g/mol. The molecule has 0 aromatic rings. The van der Waals surface area contributed by atoms with Crippen molar-refractivity contribution in [3.8, 4) is 0 Å². The van der Waals surface area contributed by atoms with Gasteiger partial charge in [0.05, 0.1) is 6.61 Å². The van der Waals surface area contributed by atoms with Gasteiger partial charge in [-0.2, -0.15) is 0 Å². The molecule has 0 radical (unpaired) electrons. The molecule has 0 fully saturated rings. The zero-order valence-corrected chi connectivity index (χ0v) is 10.3. The number of rotatable bonds is 8. The average Bonchev–Trinajstić information content (AvgIpc) is 2.23. The normalized spacial score (nSPS) is 14.2. The van der Waals surface area contributed by atoms with Gasteiger partial charge in [-0.1, -0.05) is 20.3 Å². The molecule has 16 heavy (non-hydrogen) atoms. The number of hydrogen-bond acceptors (Lipinski definition) is 4. The molecule has 0 N–H and O–H groups in total. The highest BCUT2D eigenvalue weighted by Crippen LogP contribution is 2.23. The van der Waals surface area contributed by atoms with Gasteiger partial charge < -0.3 is 4.74 Å². The standard InChI is InChI=1S/C11H21NO4/c1-4-9(7-11(13)16-6-3)10(5-2)8-12(14)15/h9-10H,4-8H2,1-3H3/t9-,10-/m1/s1. The first kappa shape index (κ1) is 14.9. The number of carbonyl (C=O) groups excluding carboxylic acids is 1. The lowest BCUT2D eigenvalue weighted by Gasteiger charge is -2.20. The zero-order chi connectivity index (χ0) is 12.6. The fraction of sp³-hybridized carbons (Fsp3) is 0.909. The minimum absolute atomic E-state index is 0.0376. The van der Waals surface area contributed by atoms with Crippen LogP contribution in [0.15, 0.2) is 0 Å². The van der Waals surface area contributed by atoms with Crippen LogP contribution in [0.1, 0.15) is 40.0 Å². The molecule has 0 aromatic carbocycles. The maximum Gasteiger partial charge on any atom is 0.306 e. The lowest BCUT2D eigenvalue weighted by molar-refractivity contribution is -0.490. The molecular formula is C11H21NO4. The van der Waals surface area contributed by atoms with Gasteiger partial charge in [0.15, 0.2) is 0 Å². The van der Waals surface area contributed by atoms with E-state index in [1.54, 1.807) is 6.92 Å². The predicted octanol–water partition coefficient (Wildman–Crippen LogP) is 2.27. The van der Waals surface area contributed by atoms with Gasteiger partial charge in [-0.3, -0.25) is 14.9 Å². The molecule has 0 saturated carbocycles. The molecule has 5 nitrogen and oxygen atoms in total. The van der Waals surface area contributed by atoms with Crippen molar-refractivity contribution < 1.29 is 14.5 Å². The second kappa shape index (κ2) is 8.07. The van der Waals surface area contributed by atoms with E-state index in [0.29, 0.717) is 6.61 Å². The Bertz CT molecular complexity index is 230. The molecule has 0 aliphatic rings. The van der Waals surface area contributed by atoms with E-state index in [2.05, 4.69) is 0 Å². The van der Waals surface area contributed by atoms with Crippen LogP contribution in [0.5, 0.6) is 0 Å². The Kier molecular flexibility index (Phi) is 7.50. The van der Waals surface area contributed by atoms with Crippen LogP contribution in [-0.4, -0.2) is 24.0 Å². The molecule has 2 atom stereocenters. The van der Waals surface area contributed by atoms with Gasteiger partial charge in [0.1, 0.15) is 0 Å². The van der Waals surface area contributed by atoms with Gasteiger partial charge in [0, 0.05) is 17.3 Å². The summed E-state index contributed by atoms with van der Waals surface area (Å²) in [5.74, 6) is -0.241. The van der Waals surface area contributed by atoms with E-state index in [4.69, 9.17) is 4.74 Å². The summed E-state index contributed by atoms with van der Waals surface area (Å²) >= 11 is 0. The molecule has 0 bridgehead atoms. The van der Waals surface area contributed by atoms with Crippen molar-refractivity contribution in [3.05, 3.63) is 10.1 Å². The molecule has 0 aliphatic carbocycles. The molecular weight excluding hydrogens is 210 g/mol. The van der Waals surface area contributed by atoms with Crippen molar-refractivity contribution in [2.45, 2.75) is 40.0 Å². The fourth-order valence-corrected chi connectivity index (χ4v) is 1.88. The van der Waals surface area contributed by atoms with Crippen LogP contribution in [0, 0.1) is 22.0 Å². The molecule has 0 amide bonds. The highest BCUT2D eigenvalue weighted by molar-refractivity contribution is 5.69. The summed E-state index contributed by atoms with van der Waals surface area (Å²) in [5.41, 5.74) is 0. The number of hydrogen-bond donors (Lipinski definition) is 0. The molecule has 5 heteroatoms. The van der Waals surface area contributed by atoms with Crippen molar-refractivity contribution in [2.75, 3.05) is 13.2 Å². The maximum atomic E-state index is 11.3. The molecule has 0 saturated heterocycles. The SMILES string of the molecule is CCOC(=O)C[C@@H](CC)[C@H](CC)C[N+](=O)[O-]. The largest absolute Gasteiger partial charge is 0.466 e. The summed E-state index contributed by atoms with van der Waals surface area (Å²) in [6, 6.07) is 0. The van der Waals surface area contributed by atoms with Gasteiger partial charge in [-0.25, -0.2) is 0 Å². The Morgan fingerprint density at radius 1 is 1.25 bits per heavy atom. The summed E-state index contributed by atoms with van der Waals surface area (Å²) in [6.07, 6.45) is 1.78. The van der Waals surface area contributed by atoms with E-state index < -0.39 is 0 Å². The summed E-state index contributed by atoms with van der Waals surface area (Å²) < 4.78 is 4.87. The summed E-state index contributed by atoms with van der Waals surface area (Å²) in [4.78, 5) is 21.5. The van der Waals surface area contributed by atoms with E-state index in [1.165, 1.54) is 0 Å². The molecule has 0 unspecified atom stereocenters. The topological polar surface area (TPSA) is 69.4 Å². The van der Waals surface area contributed by atoms with Crippen molar-refractivity contribution >= 4 is 5.97 Å². The third-order valence-corrected chi connectivity index (χ3v) is 2.83. The van der Waals surface area contributed by atoms with Crippen molar-refractivity contribution in [1.82, 2.24) is 0 Å².